The van der Waals surface area contributed by atoms with Crippen molar-refractivity contribution in [1.29, 1.82) is 0 Å². The average molecular weight is 249 g/mol. The Morgan fingerprint density at radius 1 is 1.28 bits per heavy atom. The van der Waals surface area contributed by atoms with E-state index in [4.69, 9.17) is 4.74 Å². The molecule has 0 bridgehead atoms. The van der Waals surface area contributed by atoms with Gasteiger partial charge in [-0.25, -0.2) is 0 Å². The summed E-state index contributed by atoms with van der Waals surface area (Å²) in [6.45, 7) is 0.232. The summed E-state index contributed by atoms with van der Waals surface area (Å²) in [5, 5.41) is 10.8. The number of carbonyl (C=O) groups is 1. The molecule has 0 N–H and O–H groups in total. The second kappa shape index (κ2) is 5.73. The number of hydrogen-bond acceptors (Lipinski definition) is 4. The van der Waals surface area contributed by atoms with Gasteiger partial charge < -0.3 is 4.74 Å². The van der Waals surface area contributed by atoms with Gasteiger partial charge in [-0.15, -0.1) is 0 Å². The largest absolute Gasteiger partial charge is 0.373 e. The number of hydrogen-bond donors (Lipinski definition) is 0. The lowest BCUT2D eigenvalue weighted by molar-refractivity contribution is -0.386. The summed E-state index contributed by atoms with van der Waals surface area (Å²) in [5.41, 5.74) is 0.670. The molecule has 0 aliphatic heterocycles. The molecule has 5 nitrogen and oxygen atoms in total. The highest BCUT2D eigenvalue weighted by molar-refractivity contribution is 5.79. The number of rotatable bonds is 4. The standard InChI is InChI=1S/C13H15NO4/c15-11-5-7-12(8-6-11)18-9-10-3-1-2-4-13(10)14(16)17/h1-4,12H,5-9H2. The minimum atomic E-state index is -0.400. The Balaban J connectivity index is 1.94. The Bertz CT molecular complexity index is 448. The lowest BCUT2D eigenvalue weighted by atomic mass is 9.96. The van der Waals surface area contributed by atoms with Gasteiger partial charge in [0.1, 0.15) is 5.78 Å². The van der Waals surface area contributed by atoms with Gasteiger partial charge in [-0.2, -0.15) is 0 Å². The zero-order chi connectivity index (χ0) is 13.0. The number of benzene rings is 1. The fraction of sp³-hybridized carbons (Fsp3) is 0.462. The lowest BCUT2D eigenvalue weighted by Crippen LogP contribution is -2.21. The first kappa shape index (κ1) is 12.7. The topological polar surface area (TPSA) is 69.4 Å². The Hall–Kier alpha value is -1.75. The van der Waals surface area contributed by atoms with Crippen molar-refractivity contribution in [3.8, 4) is 0 Å². The van der Waals surface area contributed by atoms with Crippen molar-refractivity contribution in [2.75, 3.05) is 0 Å². The number of nitro benzene ring substituents is 1. The zero-order valence-corrected chi connectivity index (χ0v) is 10.0. The molecule has 0 aromatic heterocycles. The van der Waals surface area contributed by atoms with Crippen molar-refractivity contribution in [2.45, 2.75) is 38.4 Å². The van der Waals surface area contributed by atoms with E-state index in [2.05, 4.69) is 0 Å². The third kappa shape index (κ3) is 3.13. The fourth-order valence-corrected chi connectivity index (χ4v) is 2.10. The lowest BCUT2D eigenvalue weighted by Gasteiger charge is -2.21. The highest BCUT2D eigenvalue weighted by atomic mass is 16.6. The SMILES string of the molecule is O=C1CCC(OCc2ccccc2[N+](=O)[O-])CC1. The van der Waals surface area contributed by atoms with Gasteiger partial charge in [-0.05, 0) is 18.9 Å². The molecule has 1 aromatic carbocycles. The predicted molar refractivity (Wildman–Crippen MR) is 65.1 cm³/mol. The molecule has 2 rings (SSSR count). The smallest absolute Gasteiger partial charge is 0.274 e. The van der Waals surface area contributed by atoms with E-state index in [0.717, 1.165) is 12.8 Å². The summed E-state index contributed by atoms with van der Waals surface area (Å²) < 4.78 is 5.65. The third-order valence-corrected chi connectivity index (χ3v) is 3.15. The average Bonchev–Trinajstić information content (AvgIpc) is 2.38. The molecule has 96 valence electrons. The van der Waals surface area contributed by atoms with Gasteiger partial charge in [0.05, 0.1) is 23.2 Å². The molecule has 0 unspecified atom stereocenters. The molecular formula is C13H15NO4. The van der Waals surface area contributed by atoms with Crippen LogP contribution in [0.25, 0.3) is 0 Å². The number of nitrogens with zero attached hydrogens (tertiary/aromatic N) is 1. The first-order valence-electron chi connectivity index (χ1n) is 6.02. The van der Waals surface area contributed by atoms with E-state index in [-0.39, 0.29) is 24.2 Å². The molecule has 0 saturated heterocycles. The number of nitro groups is 1. The number of ketones is 1. The highest BCUT2D eigenvalue weighted by Crippen LogP contribution is 2.23. The van der Waals surface area contributed by atoms with Crippen LogP contribution in [0.3, 0.4) is 0 Å². The van der Waals surface area contributed by atoms with Gasteiger partial charge in [0.2, 0.25) is 0 Å². The molecular weight excluding hydrogens is 234 g/mol. The van der Waals surface area contributed by atoms with Crippen LogP contribution in [0.5, 0.6) is 0 Å². The summed E-state index contributed by atoms with van der Waals surface area (Å²) >= 11 is 0. The van der Waals surface area contributed by atoms with Gasteiger partial charge in [0.15, 0.2) is 0 Å². The highest BCUT2D eigenvalue weighted by Gasteiger charge is 2.20. The van der Waals surface area contributed by atoms with Crippen LogP contribution in [0, 0.1) is 10.1 Å². The van der Waals surface area contributed by atoms with E-state index in [0.29, 0.717) is 18.4 Å². The summed E-state index contributed by atoms with van der Waals surface area (Å²) in [7, 11) is 0. The molecule has 1 saturated carbocycles. The molecule has 18 heavy (non-hydrogen) atoms. The minimum absolute atomic E-state index is 0.0440. The summed E-state index contributed by atoms with van der Waals surface area (Å²) in [5.74, 6) is 0.278. The molecule has 1 aromatic rings. The van der Waals surface area contributed by atoms with Crippen LogP contribution in [0.4, 0.5) is 5.69 Å². The van der Waals surface area contributed by atoms with Crippen LogP contribution in [-0.4, -0.2) is 16.8 Å². The Morgan fingerprint density at radius 3 is 2.61 bits per heavy atom. The molecule has 0 heterocycles. The predicted octanol–water partition coefficient (Wildman–Crippen LogP) is 2.62. The molecule has 5 heteroatoms. The van der Waals surface area contributed by atoms with Crippen LogP contribution >= 0.6 is 0 Å². The molecule has 0 spiro atoms. The van der Waals surface area contributed by atoms with Crippen molar-refractivity contribution in [3.63, 3.8) is 0 Å². The van der Waals surface area contributed by atoms with Gasteiger partial charge in [-0.1, -0.05) is 12.1 Å². The van der Waals surface area contributed by atoms with E-state index >= 15 is 0 Å². The number of carbonyl (C=O) groups excluding carboxylic acids is 1. The van der Waals surface area contributed by atoms with E-state index in [9.17, 15) is 14.9 Å². The first-order chi connectivity index (χ1) is 8.66. The molecule has 1 aliphatic carbocycles. The molecule has 1 fully saturated rings. The minimum Gasteiger partial charge on any atom is -0.373 e. The van der Waals surface area contributed by atoms with Crippen LogP contribution in [-0.2, 0) is 16.1 Å². The third-order valence-electron chi connectivity index (χ3n) is 3.15. The maximum absolute atomic E-state index is 11.1. The quantitative estimate of drug-likeness (QED) is 0.607. The van der Waals surface area contributed by atoms with Gasteiger partial charge in [-0.3, -0.25) is 14.9 Å². The number of ether oxygens (including phenoxy) is 1. The molecule has 0 amide bonds. The second-order valence-corrected chi connectivity index (χ2v) is 4.43. The van der Waals surface area contributed by atoms with Crippen LogP contribution in [0.1, 0.15) is 31.2 Å². The molecule has 0 atom stereocenters. The van der Waals surface area contributed by atoms with Crippen LogP contribution in [0.2, 0.25) is 0 Å². The Labute approximate surface area is 105 Å². The van der Waals surface area contributed by atoms with Crippen molar-refractivity contribution in [3.05, 3.63) is 39.9 Å². The van der Waals surface area contributed by atoms with Crippen molar-refractivity contribution in [1.82, 2.24) is 0 Å². The monoisotopic (exact) mass is 249 g/mol. The van der Waals surface area contributed by atoms with Crippen LogP contribution < -0.4 is 0 Å². The van der Waals surface area contributed by atoms with Crippen molar-refractivity contribution < 1.29 is 14.5 Å². The maximum atomic E-state index is 11.1. The van der Waals surface area contributed by atoms with Gasteiger partial charge >= 0.3 is 0 Å². The van der Waals surface area contributed by atoms with Crippen LogP contribution in [0.15, 0.2) is 24.3 Å². The second-order valence-electron chi connectivity index (χ2n) is 4.43. The summed E-state index contributed by atoms with van der Waals surface area (Å²) in [4.78, 5) is 21.5. The van der Waals surface area contributed by atoms with E-state index < -0.39 is 4.92 Å². The normalized spacial score (nSPS) is 16.8. The summed E-state index contributed by atoms with van der Waals surface area (Å²) in [6.07, 6.45) is 2.60. The maximum Gasteiger partial charge on any atom is 0.274 e. The Kier molecular flexibility index (Phi) is 4.04. The zero-order valence-electron chi connectivity index (χ0n) is 10.0. The molecule has 0 radical (unpaired) electrons. The number of Topliss-reactive ketones (excluding diaryl/α,β-unsaturated/α-hetero) is 1. The first-order valence-corrected chi connectivity index (χ1v) is 6.02. The van der Waals surface area contributed by atoms with E-state index in [1.165, 1.54) is 6.07 Å². The number of para-hydroxylation sites is 1. The van der Waals surface area contributed by atoms with Gasteiger partial charge in [0, 0.05) is 18.9 Å². The fourth-order valence-electron chi connectivity index (χ4n) is 2.10. The van der Waals surface area contributed by atoms with Gasteiger partial charge in [0.25, 0.3) is 5.69 Å². The summed E-state index contributed by atoms with van der Waals surface area (Å²) in [6, 6.07) is 6.58. The molecule has 1 aliphatic rings. The van der Waals surface area contributed by atoms with Crippen molar-refractivity contribution in [2.24, 2.45) is 0 Å². The van der Waals surface area contributed by atoms with E-state index in [1.54, 1.807) is 18.2 Å². The Morgan fingerprint density at radius 2 is 1.94 bits per heavy atom. The van der Waals surface area contributed by atoms with Crippen molar-refractivity contribution >= 4 is 11.5 Å². The van der Waals surface area contributed by atoms with E-state index in [1.807, 2.05) is 0 Å².